The van der Waals surface area contributed by atoms with Gasteiger partial charge in [0, 0.05) is 5.56 Å². The van der Waals surface area contributed by atoms with Crippen molar-refractivity contribution in [3.05, 3.63) is 95.1 Å². The largest absolute Gasteiger partial charge is 0.497 e. The van der Waals surface area contributed by atoms with E-state index in [-0.39, 0.29) is 18.5 Å². The minimum absolute atomic E-state index is 0.142. The molecule has 0 heterocycles. The minimum atomic E-state index is -3.50. The number of methoxy groups -OCH3 is 1. The number of carbonyl (C=O) groups excluding carboxylic acids is 1. The molecule has 1 N–H and O–H groups in total. The fourth-order valence-corrected chi connectivity index (χ4v) is 4.43. The van der Waals surface area contributed by atoms with Crippen LogP contribution in [0.1, 0.15) is 46.4 Å². The predicted molar refractivity (Wildman–Crippen MR) is 132 cm³/mol. The first-order chi connectivity index (χ1) is 15.7. The highest BCUT2D eigenvalue weighted by atomic mass is 32.2. The Hall–Kier alpha value is -3.32. The zero-order valence-corrected chi connectivity index (χ0v) is 20.2. The molecule has 0 unspecified atom stereocenters. The van der Waals surface area contributed by atoms with Crippen LogP contribution in [0.3, 0.4) is 0 Å². The Morgan fingerprint density at radius 3 is 2.09 bits per heavy atom. The van der Waals surface area contributed by atoms with Gasteiger partial charge in [-0.1, -0.05) is 48.9 Å². The van der Waals surface area contributed by atoms with Crippen LogP contribution in [0, 0.1) is 6.92 Å². The topological polar surface area (TPSA) is 75.7 Å². The highest BCUT2D eigenvalue weighted by Gasteiger charge is 2.19. The maximum absolute atomic E-state index is 12.8. The quantitative estimate of drug-likeness (QED) is 0.489. The lowest BCUT2D eigenvalue weighted by Crippen LogP contribution is -2.30. The van der Waals surface area contributed by atoms with Crippen LogP contribution in [-0.2, 0) is 16.6 Å². The van der Waals surface area contributed by atoms with Crippen molar-refractivity contribution in [3.8, 4) is 5.75 Å². The molecule has 0 saturated heterocycles. The van der Waals surface area contributed by atoms with Crippen molar-refractivity contribution in [1.82, 2.24) is 5.32 Å². The molecule has 3 aromatic rings. The Kier molecular flexibility index (Phi) is 7.76. The molecule has 7 heteroatoms. The van der Waals surface area contributed by atoms with Gasteiger partial charge in [0.1, 0.15) is 5.75 Å². The van der Waals surface area contributed by atoms with Gasteiger partial charge in [0.25, 0.3) is 5.91 Å². The van der Waals surface area contributed by atoms with E-state index in [1.165, 1.54) is 10.6 Å². The number of hydrogen-bond acceptors (Lipinski definition) is 4. The van der Waals surface area contributed by atoms with Gasteiger partial charge < -0.3 is 10.1 Å². The normalized spacial score (nSPS) is 12.1. The summed E-state index contributed by atoms with van der Waals surface area (Å²) in [7, 11) is -1.89. The molecular formula is C26H30N2O4S. The number of nitrogens with zero attached hydrogens (tertiary/aromatic N) is 1. The number of rotatable bonds is 9. The van der Waals surface area contributed by atoms with Gasteiger partial charge >= 0.3 is 0 Å². The number of carbonyl (C=O) groups is 1. The summed E-state index contributed by atoms with van der Waals surface area (Å²) in [6.45, 7) is 4.22. The van der Waals surface area contributed by atoms with E-state index in [1.54, 1.807) is 31.4 Å². The number of ether oxygens (including phenoxy) is 1. The first-order valence-electron chi connectivity index (χ1n) is 10.8. The lowest BCUT2D eigenvalue weighted by Gasteiger charge is -2.23. The molecule has 174 valence electrons. The molecule has 0 aliphatic rings. The van der Waals surface area contributed by atoms with E-state index in [0.29, 0.717) is 11.3 Å². The number of hydrogen-bond donors (Lipinski definition) is 1. The molecule has 3 rings (SSSR count). The maximum atomic E-state index is 12.8. The van der Waals surface area contributed by atoms with E-state index in [9.17, 15) is 13.2 Å². The molecule has 33 heavy (non-hydrogen) atoms. The summed E-state index contributed by atoms with van der Waals surface area (Å²) in [5.41, 5.74) is 3.97. The lowest BCUT2D eigenvalue weighted by molar-refractivity contribution is 0.0935. The van der Waals surface area contributed by atoms with Crippen LogP contribution in [0.25, 0.3) is 0 Å². The standard InChI is InChI=1S/C26H30N2O4S/c1-5-25(21-12-16-24(32-3)17-13-21)27-26(29)22-10-14-23(15-11-22)28(33(4,30)31)18-20-8-6-19(2)7-9-20/h6-17,25H,5,18H2,1-4H3,(H,27,29)/t25-/m0/s1. The molecule has 1 atom stereocenters. The molecule has 0 fully saturated rings. The Bertz CT molecular complexity index is 1170. The van der Waals surface area contributed by atoms with Crippen molar-refractivity contribution in [3.63, 3.8) is 0 Å². The van der Waals surface area contributed by atoms with Crippen LogP contribution in [0.15, 0.2) is 72.8 Å². The smallest absolute Gasteiger partial charge is 0.251 e. The number of nitrogens with one attached hydrogen (secondary N) is 1. The van der Waals surface area contributed by atoms with Gasteiger partial charge in [-0.05, 0) is 60.9 Å². The maximum Gasteiger partial charge on any atom is 0.251 e. The number of aryl methyl sites for hydroxylation is 1. The monoisotopic (exact) mass is 466 g/mol. The lowest BCUT2D eigenvalue weighted by atomic mass is 10.0. The number of benzene rings is 3. The fraction of sp³-hybridized carbons (Fsp3) is 0.269. The summed E-state index contributed by atoms with van der Waals surface area (Å²) in [4.78, 5) is 12.8. The van der Waals surface area contributed by atoms with Crippen LogP contribution in [0.5, 0.6) is 5.75 Å². The molecular weight excluding hydrogens is 436 g/mol. The van der Waals surface area contributed by atoms with Crippen LogP contribution in [0.2, 0.25) is 0 Å². The molecule has 6 nitrogen and oxygen atoms in total. The SMILES string of the molecule is CC[C@H](NC(=O)c1ccc(N(Cc2ccc(C)cc2)S(C)(=O)=O)cc1)c1ccc(OC)cc1. The first kappa shape index (κ1) is 24.3. The number of sulfonamides is 1. The van der Waals surface area contributed by atoms with Crippen molar-refractivity contribution in [2.75, 3.05) is 17.7 Å². The predicted octanol–water partition coefficient (Wildman–Crippen LogP) is 4.85. The van der Waals surface area contributed by atoms with Crippen LogP contribution in [0.4, 0.5) is 5.69 Å². The zero-order chi connectivity index (χ0) is 24.0. The molecule has 0 aliphatic heterocycles. The Balaban J connectivity index is 1.76. The summed E-state index contributed by atoms with van der Waals surface area (Å²) in [5, 5.41) is 3.05. The molecule has 0 bridgehead atoms. The van der Waals surface area contributed by atoms with Gasteiger partial charge in [0.05, 0.1) is 31.6 Å². The van der Waals surface area contributed by atoms with Crippen molar-refractivity contribution in [1.29, 1.82) is 0 Å². The van der Waals surface area contributed by atoms with E-state index in [4.69, 9.17) is 4.74 Å². The summed E-state index contributed by atoms with van der Waals surface area (Å²) in [6, 6.07) is 21.8. The molecule has 0 aromatic heterocycles. The summed E-state index contributed by atoms with van der Waals surface area (Å²) in [6.07, 6.45) is 1.91. The third-order valence-electron chi connectivity index (χ3n) is 5.50. The van der Waals surface area contributed by atoms with E-state index >= 15 is 0 Å². The van der Waals surface area contributed by atoms with Crippen molar-refractivity contribution in [2.45, 2.75) is 32.9 Å². The highest BCUT2D eigenvalue weighted by molar-refractivity contribution is 7.92. The Morgan fingerprint density at radius 1 is 0.970 bits per heavy atom. The fourth-order valence-electron chi connectivity index (χ4n) is 3.54. The Labute approximate surface area is 196 Å². The van der Waals surface area contributed by atoms with Crippen molar-refractivity contribution >= 4 is 21.6 Å². The highest BCUT2D eigenvalue weighted by Crippen LogP contribution is 2.23. The molecule has 3 aromatic carbocycles. The molecule has 0 aliphatic carbocycles. The second-order valence-electron chi connectivity index (χ2n) is 8.01. The van der Waals surface area contributed by atoms with Crippen LogP contribution in [-0.4, -0.2) is 27.7 Å². The van der Waals surface area contributed by atoms with Crippen molar-refractivity contribution in [2.24, 2.45) is 0 Å². The van der Waals surface area contributed by atoms with E-state index < -0.39 is 10.0 Å². The second kappa shape index (κ2) is 10.5. The molecule has 0 spiro atoms. The third kappa shape index (κ3) is 6.35. The minimum Gasteiger partial charge on any atom is -0.497 e. The van der Waals surface area contributed by atoms with Gasteiger partial charge in [-0.2, -0.15) is 0 Å². The van der Waals surface area contributed by atoms with E-state index in [2.05, 4.69) is 5.32 Å². The van der Waals surface area contributed by atoms with Gasteiger partial charge in [0.2, 0.25) is 10.0 Å². The Morgan fingerprint density at radius 2 is 1.58 bits per heavy atom. The summed E-state index contributed by atoms with van der Waals surface area (Å²) < 4.78 is 31.4. The molecule has 0 saturated carbocycles. The second-order valence-corrected chi connectivity index (χ2v) is 9.92. The average molecular weight is 467 g/mol. The molecule has 1 amide bonds. The molecule has 0 radical (unpaired) electrons. The zero-order valence-electron chi connectivity index (χ0n) is 19.4. The third-order valence-corrected chi connectivity index (χ3v) is 6.64. The van der Waals surface area contributed by atoms with Gasteiger partial charge in [-0.25, -0.2) is 8.42 Å². The van der Waals surface area contributed by atoms with E-state index in [0.717, 1.165) is 28.9 Å². The van der Waals surface area contributed by atoms with Gasteiger partial charge in [-0.15, -0.1) is 0 Å². The number of amides is 1. The van der Waals surface area contributed by atoms with Gasteiger partial charge in [-0.3, -0.25) is 9.10 Å². The van der Waals surface area contributed by atoms with E-state index in [1.807, 2.05) is 62.4 Å². The summed E-state index contributed by atoms with van der Waals surface area (Å²) in [5.74, 6) is 0.547. The first-order valence-corrected chi connectivity index (χ1v) is 12.6. The summed E-state index contributed by atoms with van der Waals surface area (Å²) >= 11 is 0. The average Bonchev–Trinajstić information content (AvgIpc) is 2.81. The van der Waals surface area contributed by atoms with Crippen LogP contribution >= 0.6 is 0 Å². The van der Waals surface area contributed by atoms with Crippen molar-refractivity contribution < 1.29 is 17.9 Å². The van der Waals surface area contributed by atoms with Crippen LogP contribution < -0.4 is 14.4 Å². The van der Waals surface area contributed by atoms with Gasteiger partial charge in [0.15, 0.2) is 0 Å². The number of anilines is 1.